The van der Waals surface area contributed by atoms with Gasteiger partial charge in [0.05, 0.1) is 24.4 Å². The highest BCUT2D eigenvalue weighted by Crippen LogP contribution is 2.21. The minimum Gasteiger partial charge on any atom is -0.466 e. The number of H-pyrrole nitrogens is 1. The van der Waals surface area contributed by atoms with Crippen LogP contribution in [0.1, 0.15) is 30.3 Å². The van der Waals surface area contributed by atoms with E-state index in [2.05, 4.69) is 15.3 Å². The summed E-state index contributed by atoms with van der Waals surface area (Å²) in [6, 6.07) is 9.34. The number of esters is 1. The number of aromatic nitrogens is 4. The van der Waals surface area contributed by atoms with Gasteiger partial charge >= 0.3 is 5.97 Å². The molecule has 1 aliphatic rings. The highest BCUT2D eigenvalue weighted by molar-refractivity contribution is 5.98. The Balaban J connectivity index is 1.63. The first-order valence-electron chi connectivity index (χ1n) is 9.58. The topological polar surface area (TPSA) is 110 Å². The van der Waals surface area contributed by atoms with Crippen LogP contribution in [-0.4, -0.2) is 56.3 Å². The zero-order valence-electron chi connectivity index (χ0n) is 16.0. The van der Waals surface area contributed by atoms with E-state index >= 15 is 0 Å². The molecule has 1 N–H and O–H groups in total. The zero-order chi connectivity index (χ0) is 20.4. The van der Waals surface area contributed by atoms with Gasteiger partial charge in [0, 0.05) is 13.1 Å². The number of ether oxygens (including phenoxy) is 1. The molecule has 150 valence electrons. The molecule has 1 atom stereocenters. The summed E-state index contributed by atoms with van der Waals surface area (Å²) < 4.78 is 6.40. The fraction of sp³-hybridized carbons (Fsp3) is 0.350. The minimum atomic E-state index is -0.446. The largest absolute Gasteiger partial charge is 0.466 e. The lowest BCUT2D eigenvalue weighted by atomic mass is 9.98. The molecule has 1 saturated heterocycles. The molecule has 0 radical (unpaired) electrons. The average Bonchev–Trinajstić information content (AvgIpc) is 3.19. The molecule has 0 unspecified atom stereocenters. The molecule has 0 bridgehead atoms. The Kier molecular flexibility index (Phi) is 5.11. The second-order valence-corrected chi connectivity index (χ2v) is 6.94. The molecule has 9 heteroatoms. The number of carbonyl (C=O) groups excluding carboxylic acids is 2. The number of nitrogens with zero attached hydrogens (tertiary/aromatic N) is 4. The molecule has 1 aromatic carbocycles. The van der Waals surface area contributed by atoms with Gasteiger partial charge in [-0.25, -0.2) is 4.52 Å². The van der Waals surface area contributed by atoms with E-state index in [1.807, 2.05) is 30.3 Å². The van der Waals surface area contributed by atoms with Crippen LogP contribution >= 0.6 is 0 Å². The van der Waals surface area contributed by atoms with Gasteiger partial charge in [0.15, 0.2) is 11.2 Å². The molecule has 2 aromatic heterocycles. The summed E-state index contributed by atoms with van der Waals surface area (Å²) in [5.41, 5.74) is 1.03. The molecule has 3 heterocycles. The van der Waals surface area contributed by atoms with Crippen LogP contribution in [0.5, 0.6) is 0 Å². The van der Waals surface area contributed by atoms with Gasteiger partial charge in [-0.1, -0.05) is 35.5 Å². The lowest BCUT2D eigenvalue weighted by molar-refractivity contribution is -0.149. The number of hydrogen-bond donors (Lipinski definition) is 1. The number of fused-ring (bicyclic) bond motifs is 1. The number of aromatic amines is 1. The monoisotopic (exact) mass is 395 g/mol. The predicted molar refractivity (Wildman–Crippen MR) is 104 cm³/mol. The van der Waals surface area contributed by atoms with E-state index in [9.17, 15) is 14.4 Å². The van der Waals surface area contributed by atoms with Crippen molar-refractivity contribution in [1.29, 1.82) is 0 Å². The molecule has 1 amide bonds. The summed E-state index contributed by atoms with van der Waals surface area (Å²) in [6.45, 7) is 2.80. The fourth-order valence-corrected chi connectivity index (χ4v) is 3.60. The molecule has 0 spiro atoms. The molecule has 4 rings (SSSR count). The van der Waals surface area contributed by atoms with Crippen LogP contribution in [0.4, 0.5) is 0 Å². The standard InChI is InChI=1S/C20H21N5O4/c1-2-29-20(28)14-9-6-10-24(11-14)19(27)16-17-18(26)21-15(12-25(17)23-22-16)13-7-4-3-5-8-13/h3-5,7-8,12,14H,2,6,9-11H2,1H3,(H,21,26)/t14-/m1/s1. The third-order valence-electron chi connectivity index (χ3n) is 5.03. The van der Waals surface area contributed by atoms with E-state index in [1.54, 1.807) is 18.0 Å². The molecule has 3 aromatic rings. The molecular formula is C20H21N5O4. The maximum absolute atomic E-state index is 13.0. The molecule has 0 saturated carbocycles. The number of nitrogens with one attached hydrogen (secondary N) is 1. The van der Waals surface area contributed by atoms with E-state index < -0.39 is 11.5 Å². The number of likely N-dealkylation sites (tertiary alicyclic amines) is 1. The number of hydrogen-bond acceptors (Lipinski definition) is 6. The van der Waals surface area contributed by atoms with Gasteiger partial charge in [0.2, 0.25) is 0 Å². The quantitative estimate of drug-likeness (QED) is 0.671. The normalized spacial score (nSPS) is 16.7. The van der Waals surface area contributed by atoms with Gasteiger partial charge in [0.1, 0.15) is 0 Å². The molecule has 0 aliphatic carbocycles. The number of carbonyl (C=O) groups is 2. The Labute approximate surface area is 166 Å². The van der Waals surface area contributed by atoms with E-state index in [4.69, 9.17) is 4.74 Å². The molecule has 1 fully saturated rings. The van der Waals surface area contributed by atoms with Crippen molar-refractivity contribution in [3.8, 4) is 11.3 Å². The van der Waals surface area contributed by atoms with E-state index in [-0.39, 0.29) is 29.6 Å². The summed E-state index contributed by atoms with van der Waals surface area (Å²) in [5, 5.41) is 7.93. The van der Waals surface area contributed by atoms with Crippen LogP contribution in [0.2, 0.25) is 0 Å². The van der Waals surface area contributed by atoms with Crippen molar-refractivity contribution in [2.24, 2.45) is 5.92 Å². The summed E-state index contributed by atoms with van der Waals surface area (Å²) in [4.78, 5) is 42.1. The van der Waals surface area contributed by atoms with Crippen molar-refractivity contribution in [3.63, 3.8) is 0 Å². The summed E-state index contributed by atoms with van der Waals surface area (Å²) in [5.74, 6) is -1.08. The van der Waals surface area contributed by atoms with Crippen LogP contribution < -0.4 is 5.56 Å². The SMILES string of the molecule is CCOC(=O)[C@@H]1CCCN(C(=O)c2nnn3cc(-c4ccccc4)[nH]c(=O)c23)C1. The molecule has 29 heavy (non-hydrogen) atoms. The minimum absolute atomic E-state index is 0.0182. The van der Waals surface area contributed by atoms with Gasteiger partial charge in [0.25, 0.3) is 11.5 Å². The predicted octanol–water partition coefficient (Wildman–Crippen LogP) is 1.50. The number of amides is 1. The molecule has 9 nitrogen and oxygen atoms in total. The average molecular weight is 395 g/mol. The second kappa shape index (κ2) is 7.86. The molecular weight excluding hydrogens is 374 g/mol. The van der Waals surface area contributed by atoms with Crippen LogP contribution in [0.15, 0.2) is 41.3 Å². The summed E-state index contributed by atoms with van der Waals surface area (Å²) in [6.07, 6.45) is 2.99. The van der Waals surface area contributed by atoms with Crippen LogP contribution in [0.3, 0.4) is 0 Å². The lowest BCUT2D eigenvalue weighted by Gasteiger charge is -2.30. The van der Waals surface area contributed by atoms with Crippen molar-refractivity contribution < 1.29 is 14.3 Å². The Morgan fingerprint density at radius 1 is 1.28 bits per heavy atom. The first kappa shape index (κ1) is 18.9. The number of piperidine rings is 1. The maximum Gasteiger partial charge on any atom is 0.310 e. The first-order chi connectivity index (χ1) is 14.1. The smallest absolute Gasteiger partial charge is 0.310 e. The van der Waals surface area contributed by atoms with E-state index in [0.717, 1.165) is 5.56 Å². The van der Waals surface area contributed by atoms with E-state index in [0.29, 0.717) is 31.7 Å². The van der Waals surface area contributed by atoms with Gasteiger partial charge in [-0.05, 0) is 25.3 Å². The van der Waals surface area contributed by atoms with Gasteiger partial charge in [-0.2, -0.15) is 0 Å². The highest BCUT2D eigenvalue weighted by atomic mass is 16.5. The Morgan fingerprint density at radius 3 is 2.83 bits per heavy atom. The van der Waals surface area contributed by atoms with E-state index in [1.165, 1.54) is 4.52 Å². The first-order valence-corrected chi connectivity index (χ1v) is 9.58. The maximum atomic E-state index is 13.0. The Morgan fingerprint density at radius 2 is 2.07 bits per heavy atom. The number of benzene rings is 1. The zero-order valence-corrected chi connectivity index (χ0v) is 16.0. The lowest BCUT2D eigenvalue weighted by Crippen LogP contribution is -2.43. The van der Waals surface area contributed by atoms with Crippen molar-refractivity contribution in [2.75, 3.05) is 19.7 Å². The van der Waals surface area contributed by atoms with Crippen LogP contribution in [-0.2, 0) is 9.53 Å². The third kappa shape index (κ3) is 3.63. The van der Waals surface area contributed by atoms with Crippen molar-refractivity contribution in [1.82, 2.24) is 24.7 Å². The third-order valence-corrected chi connectivity index (χ3v) is 5.03. The van der Waals surface area contributed by atoms with Gasteiger partial charge in [-0.15, -0.1) is 5.10 Å². The van der Waals surface area contributed by atoms with Gasteiger partial charge in [-0.3, -0.25) is 14.4 Å². The Bertz CT molecular complexity index is 1110. The summed E-state index contributed by atoms with van der Waals surface area (Å²) >= 11 is 0. The van der Waals surface area contributed by atoms with Crippen molar-refractivity contribution >= 4 is 17.4 Å². The highest BCUT2D eigenvalue weighted by Gasteiger charge is 2.32. The van der Waals surface area contributed by atoms with Crippen LogP contribution in [0, 0.1) is 5.92 Å². The fourth-order valence-electron chi connectivity index (χ4n) is 3.60. The van der Waals surface area contributed by atoms with Gasteiger partial charge < -0.3 is 14.6 Å². The second-order valence-electron chi connectivity index (χ2n) is 6.94. The molecule has 1 aliphatic heterocycles. The van der Waals surface area contributed by atoms with Crippen molar-refractivity contribution in [3.05, 3.63) is 52.6 Å². The van der Waals surface area contributed by atoms with Crippen LogP contribution in [0.25, 0.3) is 16.8 Å². The number of rotatable bonds is 4. The summed E-state index contributed by atoms with van der Waals surface area (Å²) in [7, 11) is 0. The Hall–Kier alpha value is -3.49. The van der Waals surface area contributed by atoms with Crippen molar-refractivity contribution in [2.45, 2.75) is 19.8 Å².